The first-order valence-corrected chi connectivity index (χ1v) is 6.76. The number of aliphatic hydroxyl groups is 2. The van der Waals surface area contributed by atoms with Crippen LogP contribution in [0, 0.1) is 12.3 Å². The van der Waals surface area contributed by atoms with Crippen LogP contribution in [0.15, 0.2) is 24.3 Å². The molecule has 0 fully saturated rings. The lowest BCUT2D eigenvalue weighted by molar-refractivity contribution is -0.0184. The molecule has 0 amide bonds. The second-order valence-corrected chi connectivity index (χ2v) is 6.02. The largest absolute Gasteiger partial charge is 0.392 e. The first kappa shape index (κ1) is 16.2. The normalized spacial score (nSPS) is 15.3. The number of aliphatic hydroxyl groups excluding tert-OH is 2. The average Bonchev–Trinajstić information content (AvgIpc) is 2.28. The van der Waals surface area contributed by atoms with E-state index in [1.165, 1.54) is 11.1 Å². The van der Waals surface area contributed by atoms with Gasteiger partial charge in [0.1, 0.15) is 0 Å². The van der Waals surface area contributed by atoms with E-state index < -0.39 is 12.2 Å². The van der Waals surface area contributed by atoms with E-state index in [0.29, 0.717) is 6.42 Å². The van der Waals surface area contributed by atoms with Crippen molar-refractivity contribution in [3.63, 3.8) is 0 Å². The van der Waals surface area contributed by atoms with Crippen molar-refractivity contribution in [1.82, 2.24) is 0 Å². The minimum atomic E-state index is -0.614. The lowest BCUT2D eigenvalue weighted by Gasteiger charge is -2.32. The fraction of sp³-hybridized carbons (Fsp3) is 0.625. The highest BCUT2D eigenvalue weighted by Crippen LogP contribution is 2.29. The minimum Gasteiger partial charge on any atom is -0.392 e. The molecule has 0 heterocycles. The fourth-order valence-electron chi connectivity index (χ4n) is 2.30. The van der Waals surface area contributed by atoms with E-state index >= 15 is 0 Å². The second kappa shape index (κ2) is 7.04. The number of hydrogen-bond acceptors (Lipinski definition) is 3. The molecule has 0 saturated heterocycles. The van der Waals surface area contributed by atoms with Gasteiger partial charge in [-0.3, -0.25) is 0 Å². The summed E-state index contributed by atoms with van der Waals surface area (Å²) in [5, 5.41) is 20.0. The molecule has 0 radical (unpaired) electrons. The van der Waals surface area contributed by atoms with E-state index in [9.17, 15) is 10.2 Å². The summed E-state index contributed by atoms with van der Waals surface area (Å²) in [5.41, 5.74) is 2.16. The fourth-order valence-corrected chi connectivity index (χ4v) is 2.30. The van der Waals surface area contributed by atoms with Gasteiger partial charge in [0.2, 0.25) is 0 Å². The SMILES string of the molecule is COCC(O)CC(O)C(C)(C)Cc1cccc(C)c1. The molecule has 2 unspecified atom stereocenters. The molecule has 1 aromatic carbocycles. The van der Waals surface area contributed by atoms with E-state index in [2.05, 4.69) is 25.1 Å². The van der Waals surface area contributed by atoms with Crippen LogP contribution in [0.1, 0.15) is 31.4 Å². The zero-order chi connectivity index (χ0) is 14.5. The Kier molecular flexibility index (Phi) is 5.98. The summed E-state index contributed by atoms with van der Waals surface area (Å²) in [6.07, 6.45) is -0.0442. The first-order chi connectivity index (χ1) is 8.85. The second-order valence-electron chi connectivity index (χ2n) is 6.02. The maximum Gasteiger partial charge on any atom is 0.0798 e. The molecule has 3 heteroatoms. The van der Waals surface area contributed by atoms with E-state index in [1.54, 1.807) is 7.11 Å². The average molecular weight is 266 g/mol. The highest BCUT2D eigenvalue weighted by molar-refractivity contribution is 5.23. The van der Waals surface area contributed by atoms with Gasteiger partial charge in [0.15, 0.2) is 0 Å². The van der Waals surface area contributed by atoms with Crippen molar-refractivity contribution in [2.45, 2.75) is 45.8 Å². The maximum atomic E-state index is 10.3. The van der Waals surface area contributed by atoms with E-state index in [0.717, 1.165) is 6.42 Å². The van der Waals surface area contributed by atoms with Crippen molar-refractivity contribution in [3.05, 3.63) is 35.4 Å². The highest BCUT2D eigenvalue weighted by Gasteiger charge is 2.29. The third kappa shape index (κ3) is 5.31. The van der Waals surface area contributed by atoms with Gasteiger partial charge in [-0.25, -0.2) is 0 Å². The van der Waals surface area contributed by atoms with Crippen LogP contribution in [0.3, 0.4) is 0 Å². The van der Waals surface area contributed by atoms with Gasteiger partial charge in [-0.1, -0.05) is 43.7 Å². The number of benzene rings is 1. The lowest BCUT2D eigenvalue weighted by Crippen LogP contribution is -2.35. The summed E-state index contributed by atoms with van der Waals surface area (Å²) in [6.45, 7) is 6.38. The smallest absolute Gasteiger partial charge is 0.0798 e. The molecular weight excluding hydrogens is 240 g/mol. The maximum absolute atomic E-state index is 10.3. The zero-order valence-electron chi connectivity index (χ0n) is 12.4. The minimum absolute atomic E-state index is 0.261. The molecule has 2 N–H and O–H groups in total. The molecule has 0 saturated carbocycles. The van der Waals surface area contributed by atoms with Gasteiger partial charge in [0, 0.05) is 13.5 Å². The van der Waals surface area contributed by atoms with Crippen LogP contribution < -0.4 is 0 Å². The molecule has 108 valence electrons. The molecular formula is C16H26O3. The summed E-state index contributed by atoms with van der Waals surface area (Å²) in [4.78, 5) is 0. The van der Waals surface area contributed by atoms with Gasteiger partial charge in [-0.15, -0.1) is 0 Å². The predicted octanol–water partition coefficient (Wildman–Crippen LogP) is 2.32. The van der Waals surface area contributed by atoms with Crippen molar-refractivity contribution in [3.8, 4) is 0 Å². The number of methoxy groups -OCH3 is 1. The Bertz CT molecular complexity index is 387. The van der Waals surface area contributed by atoms with Gasteiger partial charge in [-0.2, -0.15) is 0 Å². The number of ether oxygens (including phenoxy) is 1. The standard InChI is InChI=1S/C16H26O3/c1-12-6-5-7-13(8-12)10-16(2,3)15(18)9-14(17)11-19-4/h5-8,14-15,17-18H,9-11H2,1-4H3. The third-order valence-electron chi connectivity index (χ3n) is 3.50. The molecule has 19 heavy (non-hydrogen) atoms. The Morgan fingerprint density at radius 3 is 2.53 bits per heavy atom. The molecule has 0 spiro atoms. The summed E-state index contributed by atoms with van der Waals surface area (Å²) in [5.74, 6) is 0. The van der Waals surface area contributed by atoms with Gasteiger partial charge in [0.25, 0.3) is 0 Å². The van der Waals surface area contributed by atoms with Crippen LogP contribution in [0.5, 0.6) is 0 Å². The Morgan fingerprint density at radius 1 is 1.26 bits per heavy atom. The Hall–Kier alpha value is -0.900. The molecule has 0 aliphatic carbocycles. The van der Waals surface area contributed by atoms with Crippen LogP contribution in [-0.4, -0.2) is 36.1 Å². The Labute approximate surface area is 116 Å². The topological polar surface area (TPSA) is 49.7 Å². The number of rotatable bonds is 7. The highest BCUT2D eigenvalue weighted by atomic mass is 16.5. The lowest BCUT2D eigenvalue weighted by atomic mass is 9.78. The van der Waals surface area contributed by atoms with Crippen LogP contribution >= 0.6 is 0 Å². The zero-order valence-corrected chi connectivity index (χ0v) is 12.4. The number of aryl methyl sites for hydroxylation is 1. The molecule has 0 aliphatic heterocycles. The van der Waals surface area contributed by atoms with Gasteiger partial charge in [0.05, 0.1) is 18.8 Å². The molecule has 0 aromatic heterocycles. The predicted molar refractivity (Wildman–Crippen MR) is 77.2 cm³/mol. The third-order valence-corrected chi connectivity index (χ3v) is 3.50. The molecule has 1 rings (SSSR count). The molecule has 2 atom stereocenters. The van der Waals surface area contributed by atoms with Crippen LogP contribution in [0.2, 0.25) is 0 Å². The Morgan fingerprint density at radius 2 is 1.95 bits per heavy atom. The molecule has 0 aliphatic rings. The monoisotopic (exact) mass is 266 g/mol. The summed E-state index contributed by atoms with van der Waals surface area (Å²) in [7, 11) is 1.55. The summed E-state index contributed by atoms with van der Waals surface area (Å²) < 4.78 is 4.89. The quantitative estimate of drug-likeness (QED) is 0.796. The van der Waals surface area contributed by atoms with Gasteiger partial charge < -0.3 is 14.9 Å². The number of hydrogen-bond donors (Lipinski definition) is 2. The van der Waals surface area contributed by atoms with Crippen LogP contribution in [0.4, 0.5) is 0 Å². The van der Waals surface area contributed by atoms with E-state index in [4.69, 9.17) is 4.74 Å². The van der Waals surface area contributed by atoms with Crippen LogP contribution in [0.25, 0.3) is 0 Å². The molecule has 3 nitrogen and oxygen atoms in total. The van der Waals surface area contributed by atoms with E-state index in [1.807, 2.05) is 19.9 Å². The van der Waals surface area contributed by atoms with Crippen LogP contribution in [-0.2, 0) is 11.2 Å². The van der Waals surface area contributed by atoms with Crippen molar-refractivity contribution in [2.75, 3.05) is 13.7 Å². The summed E-state index contributed by atoms with van der Waals surface area (Å²) >= 11 is 0. The van der Waals surface area contributed by atoms with Crippen molar-refractivity contribution >= 4 is 0 Å². The van der Waals surface area contributed by atoms with Gasteiger partial charge >= 0.3 is 0 Å². The Balaban J connectivity index is 2.63. The molecule has 1 aromatic rings. The molecule has 0 bridgehead atoms. The van der Waals surface area contributed by atoms with Crippen molar-refractivity contribution in [2.24, 2.45) is 5.41 Å². The van der Waals surface area contributed by atoms with Crippen molar-refractivity contribution < 1.29 is 14.9 Å². The first-order valence-electron chi connectivity index (χ1n) is 6.76. The van der Waals surface area contributed by atoms with Gasteiger partial charge in [-0.05, 0) is 24.3 Å². The summed E-state index contributed by atoms with van der Waals surface area (Å²) in [6, 6.07) is 8.31. The van der Waals surface area contributed by atoms with E-state index in [-0.39, 0.29) is 12.0 Å². The van der Waals surface area contributed by atoms with Crippen molar-refractivity contribution in [1.29, 1.82) is 0 Å².